The molecule has 4 rings (SSSR count). The number of rotatable bonds is 5. The maximum absolute atomic E-state index is 12.9. The zero-order valence-corrected chi connectivity index (χ0v) is 19.7. The third kappa shape index (κ3) is 5.26. The van der Waals surface area contributed by atoms with E-state index in [1.807, 2.05) is 6.92 Å². The molecule has 3 aromatic rings. The van der Waals surface area contributed by atoms with E-state index >= 15 is 0 Å². The van der Waals surface area contributed by atoms with E-state index in [1.165, 1.54) is 16.2 Å². The topological polar surface area (TPSA) is 88.2 Å². The van der Waals surface area contributed by atoms with E-state index in [2.05, 4.69) is 21.9 Å². The first-order chi connectivity index (χ1) is 14.3. The predicted molar refractivity (Wildman–Crippen MR) is 127 cm³/mol. The van der Waals surface area contributed by atoms with Crippen molar-refractivity contribution in [2.24, 2.45) is 5.92 Å². The SMILES string of the molecule is Cc1ccc(S(=O)(=O)Nc2ccccc2C(=O)Nc2nc3c(s2)CC(C)CC3)cc1.Cl. The maximum atomic E-state index is 12.9. The first-order valence-electron chi connectivity index (χ1n) is 9.80. The Kier molecular flexibility index (Phi) is 7.03. The molecule has 1 aliphatic carbocycles. The number of carbonyl (C=O) groups is 1. The molecule has 1 heterocycles. The fourth-order valence-corrected chi connectivity index (χ4v) is 5.70. The summed E-state index contributed by atoms with van der Waals surface area (Å²) in [6.07, 6.45) is 3.01. The van der Waals surface area contributed by atoms with Crippen LogP contribution in [0.25, 0.3) is 0 Å². The lowest BCUT2D eigenvalue weighted by molar-refractivity contribution is 0.102. The maximum Gasteiger partial charge on any atom is 0.261 e. The number of para-hydroxylation sites is 1. The molecule has 2 N–H and O–H groups in total. The lowest BCUT2D eigenvalue weighted by Gasteiger charge is -2.15. The molecule has 9 heteroatoms. The van der Waals surface area contributed by atoms with Crippen molar-refractivity contribution < 1.29 is 13.2 Å². The fourth-order valence-electron chi connectivity index (χ4n) is 3.45. The minimum atomic E-state index is -3.81. The number of anilines is 2. The van der Waals surface area contributed by atoms with Crippen molar-refractivity contribution in [1.82, 2.24) is 4.98 Å². The largest absolute Gasteiger partial charge is 0.298 e. The van der Waals surface area contributed by atoms with Crippen LogP contribution in [0.1, 0.15) is 39.8 Å². The average molecular weight is 478 g/mol. The van der Waals surface area contributed by atoms with Crippen molar-refractivity contribution in [2.45, 2.75) is 38.0 Å². The van der Waals surface area contributed by atoms with Crippen LogP contribution >= 0.6 is 23.7 Å². The van der Waals surface area contributed by atoms with Crippen LogP contribution in [-0.4, -0.2) is 19.3 Å². The number of sulfonamides is 1. The number of carbonyl (C=O) groups excluding carboxylic acids is 1. The third-order valence-electron chi connectivity index (χ3n) is 5.15. The van der Waals surface area contributed by atoms with Crippen molar-refractivity contribution in [3.8, 4) is 0 Å². The summed E-state index contributed by atoms with van der Waals surface area (Å²) in [7, 11) is -3.81. The quantitative estimate of drug-likeness (QED) is 0.538. The van der Waals surface area contributed by atoms with Crippen LogP contribution < -0.4 is 10.0 Å². The smallest absolute Gasteiger partial charge is 0.261 e. The molecule has 2 aromatic carbocycles. The molecule has 1 aliphatic rings. The van der Waals surface area contributed by atoms with E-state index in [9.17, 15) is 13.2 Å². The standard InChI is InChI=1S/C22H23N3O3S2.ClH/c1-14-7-10-16(11-8-14)30(27,28)25-18-6-4-3-5-17(18)21(26)24-22-23-19-12-9-15(2)13-20(19)29-22;/h3-8,10-11,15,25H,9,12-13H2,1-2H3,(H,23,24,26);1H. The number of halogens is 1. The second-order valence-electron chi connectivity index (χ2n) is 7.66. The molecule has 0 spiro atoms. The Balaban J connectivity index is 0.00000272. The Bertz CT molecular complexity index is 1190. The molecule has 0 aliphatic heterocycles. The highest BCUT2D eigenvalue weighted by Gasteiger charge is 2.22. The highest BCUT2D eigenvalue weighted by molar-refractivity contribution is 7.92. The normalized spacial score (nSPS) is 15.5. The fraction of sp³-hybridized carbons (Fsp3) is 0.273. The summed E-state index contributed by atoms with van der Waals surface area (Å²) >= 11 is 1.50. The number of benzene rings is 2. The number of fused-ring (bicyclic) bond motifs is 1. The number of amides is 1. The van der Waals surface area contributed by atoms with E-state index in [4.69, 9.17) is 0 Å². The highest BCUT2D eigenvalue weighted by Crippen LogP contribution is 2.32. The molecule has 0 fully saturated rings. The van der Waals surface area contributed by atoms with E-state index in [0.29, 0.717) is 11.0 Å². The zero-order valence-electron chi connectivity index (χ0n) is 17.2. The second kappa shape index (κ2) is 9.38. The van der Waals surface area contributed by atoms with E-state index in [0.717, 1.165) is 30.5 Å². The molecule has 164 valence electrons. The number of hydrogen-bond acceptors (Lipinski definition) is 5. The summed E-state index contributed by atoms with van der Waals surface area (Å²) in [5.41, 5.74) is 2.50. The van der Waals surface area contributed by atoms with Gasteiger partial charge in [0.15, 0.2) is 5.13 Å². The van der Waals surface area contributed by atoms with Crippen LogP contribution in [0.4, 0.5) is 10.8 Å². The average Bonchev–Trinajstić information content (AvgIpc) is 3.09. The van der Waals surface area contributed by atoms with Crippen molar-refractivity contribution in [1.29, 1.82) is 0 Å². The number of nitrogens with zero attached hydrogens (tertiary/aromatic N) is 1. The Morgan fingerprint density at radius 1 is 1.13 bits per heavy atom. The summed E-state index contributed by atoms with van der Waals surface area (Å²) in [4.78, 5) is 18.8. The molecule has 0 radical (unpaired) electrons. The van der Waals surface area contributed by atoms with Gasteiger partial charge >= 0.3 is 0 Å². The van der Waals surface area contributed by atoms with Crippen molar-refractivity contribution in [2.75, 3.05) is 10.0 Å². The number of aryl methyl sites for hydroxylation is 2. The van der Waals surface area contributed by atoms with Crippen molar-refractivity contribution >= 4 is 50.5 Å². The van der Waals surface area contributed by atoms with Gasteiger partial charge < -0.3 is 0 Å². The van der Waals surface area contributed by atoms with Gasteiger partial charge in [-0.25, -0.2) is 13.4 Å². The van der Waals surface area contributed by atoms with Gasteiger partial charge in [0, 0.05) is 4.88 Å². The first-order valence-corrected chi connectivity index (χ1v) is 12.1. The van der Waals surface area contributed by atoms with Gasteiger partial charge in [0.05, 0.1) is 21.8 Å². The molecular formula is C22H24ClN3O3S2. The lowest BCUT2D eigenvalue weighted by atomic mass is 9.93. The lowest BCUT2D eigenvalue weighted by Crippen LogP contribution is -2.18. The van der Waals surface area contributed by atoms with Gasteiger partial charge in [0.1, 0.15) is 0 Å². The van der Waals surface area contributed by atoms with Crippen LogP contribution in [0, 0.1) is 12.8 Å². The summed E-state index contributed by atoms with van der Waals surface area (Å²) in [5.74, 6) is 0.231. The van der Waals surface area contributed by atoms with Crippen LogP contribution in [0.15, 0.2) is 53.4 Å². The van der Waals surface area contributed by atoms with Crippen LogP contribution in [0.3, 0.4) is 0 Å². The first kappa shape index (κ1) is 23.2. The molecule has 0 bridgehead atoms. The number of nitrogens with one attached hydrogen (secondary N) is 2. The van der Waals surface area contributed by atoms with E-state index in [-0.39, 0.29) is 28.6 Å². The molecule has 1 unspecified atom stereocenters. The zero-order chi connectivity index (χ0) is 21.3. The summed E-state index contributed by atoms with van der Waals surface area (Å²) in [6.45, 7) is 4.11. The molecule has 1 aromatic heterocycles. The molecule has 1 atom stereocenters. The molecule has 6 nitrogen and oxygen atoms in total. The Morgan fingerprint density at radius 2 is 1.84 bits per heavy atom. The van der Waals surface area contributed by atoms with Gasteiger partial charge in [-0.05, 0) is 56.4 Å². The van der Waals surface area contributed by atoms with Gasteiger partial charge in [0.25, 0.3) is 15.9 Å². The summed E-state index contributed by atoms with van der Waals surface area (Å²) < 4.78 is 28.1. The number of hydrogen-bond donors (Lipinski definition) is 2. The van der Waals surface area contributed by atoms with Gasteiger partial charge in [-0.3, -0.25) is 14.8 Å². The van der Waals surface area contributed by atoms with E-state index in [1.54, 1.807) is 48.5 Å². The van der Waals surface area contributed by atoms with Crippen LogP contribution in [-0.2, 0) is 22.9 Å². The minimum absolute atomic E-state index is 0. The molecule has 31 heavy (non-hydrogen) atoms. The summed E-state index contributed by atoms with van der Waals surface area (Å²) in [6, 6.07) is 13.1. The van der Waals surface area contributed by atoms with Gasteiger partial charge in [0.2, 0.25) is 0 Å². The van der Waals surface area contributed by atoms with Gasteiger partial charge in [-0.2, -0.15) is 0 Å². The third-order valence-corrected chi connectivity index (χ3v) is 7.57. The van der Waals surface area contributed by atoms with Crippen molar-refractivity contribution in [3.63, 3.8) is 0 Å². The monoisotopic (exact) mass is 477 g/mol. The Morgan fingerprint density at radius 3 is 2.58 bits per heavy atom. The Hall–Kier alpha value is -2.42. The van der Waals surface area contributed by atoms with Gasteiger partial charge in [-0.1, -0.05) is 36.8 Å². The molecule has 1 amide bonds. The minimum Gasteiger partial charge on any atom is -0.298 e. The van der Waals surface area contributed by atoms with Gasteiger partial charge in [-0.15, -0.1) is 23.7 Å². The Labute approximate surface area is 192 Å². The number of aromatic nitrogens is 1. The van der Waals surface area contributed by atoms with Crippen molar-refractivity contribution in [3.05, 3.63) is 70.2 Å². The van der Waals surface area contributed by atoms with Crippen LogP contribution in [0.5, 0.6) is 0 Å². The number of thiazole rings is 1. The van der Waals surface area contributed by atoms with E-state index < -0.39 is 15.9 Å². The highest BCUT2D eigenvalue weighted by atomic mass is 35.5. The predicted octanol–water partition coefficient (Wildman–Crippen LogP) is 5.05. The second-order valence-corrected chi connectivity index (χ2v) is 10.4. The molecule has 0 saturated heterocycles. The molecule has 0 saturated carbocycles. The molecular weight excluding hydrogens is 454 g/mol. The summed E-state index contributed by atoms with van der Waals surface area (Å²) in [5, 5.41) is 3.39. The van der Waals surface area contributed by atoms with Crippen LogP contribution in [0.2, 0.25) is 0 Å².